The predicted molar refractivity (Wildman–Crippen MR) is 93.3 cm³/mol. The van der Waals surface area contributed by atoms with Crippen LogP contribution in [0.4, 0.5) is 0 Å². The molecule has 0 amide bonds. The third kappa shape index (κ3) is 4.87. The summed E-state index contributed by atoms with van der Waals surface area (Å²) in [5, 5.41) is 5.24. The zero-order chi connectivity index (χ0) is 15.2. The molecule has 3 unspecified atom stereocenters. The summed E-state index contributed by atoms with van der Waals surface area (Å²) in [4.78, 5) is 0. The molecule has 1 aromatic carbocycles. The highest BCUT2D eigenvalue weighted by molar-refractivity contribution is 6.35. The Morgan fingerprint density at radius 2 is 1.86 bits per heavy atom. The highest BCUT2D eigenvalue weighted by atomic mass is 35.5. The number of benzene rings is 1. The van der Waals surface area contributed by atoms with Crippen LogP contribution in [-0.2, 0) is 6.42 Å². The molecule has 1 fully saturated rings. The summed E-state index contributed by atoms with van der Waals surface area (Å²) < 4.78 is 0. The van der Waals surface area contributed by atoms with Crippen molar-refractivity contribution in [3.05, 3.63) is 33.8 Å². The molecule has 0 heterocycles. The van der Waals surface area contributed by atoms with Gasteiger partial charge in [0.2, 0.25) is 0 Å². The van der Waals surface area contributed by atoms with E-state index in [4.69, 9.17) is 23.2 Å². The van der Waals surface area contributed by atoms with Gasteiger partial charge in [-0.1, -0.05) is 49.5 Å². The molecule has 0 spiro atoms. The normalized spacial score (nSPS) is 26.0. The molecule has 1 nitrogen and oxygen atoms in total. The molecule has 1 aliphatic carbocycles. The molecule has 3 heteroatoms. The smallest absolute Gasteiger partial charge is 0.0452 e. The van der Waals surface area contributed by atoms with E-state index in [1.807, 2.05) is 18.2 Å². The van der Waals surface area contributed by atoms with Crippen molar-refractivity contribution >= 4 is 23.2 Å². The maximum absolute atomic E-state index is 6.36. The summed E-state index contributed by atoms with van der Waals surface area (Å²) in [5.41, 5.74) is 1.14. The minimum atomic E-state index is 0.690. The van der Waals surface area contributed by atoms with E-state index in [1.54, 1.807) is 0 Å². The fourth-order valence-corrected chi connectivity index (χ4v) is 4.09. The van der Waals surface area contributed by atoms with Crippen LogP contribution < -0.4 is 5.32 Å². The van der Waals surface area contributed by atoms with Crippen LogP contribution in [0.2, 0.25) is 10.0 Å². The molecule has 0 bridgehead atoms. The highest BCUT2D eigenvalue weighted by Crippen LogP contribution is 2.38. The SMILES string of the molecule is CCCNCC1CCC(C)CC1Cc1c(Cl)cccc1Cl. The number of hydrogen-bond donors (Lipinski definition) is 1. The van der Waals surface area contributed by atoms with Gasteiger partial charge >= 0.3 is 0 Å². The van der Waals surface area contributed by atoms with Gasteiger partial charge in [-0.15, -0.1) is 0 Å². The van der Waals surface area contributed by atoms with E-state index in [-0.39, 0.29) is 0 Å². The summed E-state index contributed by atoms with van der Waals surface area (Å²) in [6.45, 7) is 6.84. The van der Waals surface area contributed by atoms with Crippen LogP contribution in [0.5, 0.6) is 0 Å². The second kappa shape index (κ2) is 8.41. The van der Waals surface area contributed by atoms with Crippen molar-refractivity contribution in [3.8, 4) is 0 Å². The average molecular weight is 328 g/mol. The second-order valence-electron chi connectivity index (χ2n) is 6.55. The number of halogens is 2. The van der Waals surface area contributed by atoms with Crippen molar-refractivity contribution in [2.45, 2.75) is 46.0 Å². The molecule has 1 saturated carbocycles. The third-order valence-corrected chi connectivity index (χ3v) is 5.47. The molecule has 3 atom stereocenters. The molecule has 1 aromatic rings. The van der Waals surface area contributed by atoms with E-state index >= 15 is 0 Å². The summed E-state index contributed by atoms with van der Waals surface area (Å²) in [5.74, 6) is 2.26. The summed E-state index contributed by atoms with van der Waals surface area (Å²) in [7, 11) is 0. The first-order valence-corrected chi connectivity index (χ1v) is 9.01. The zero-order valence-electron chi connectivity index (χ0n) is 13.2. The summed E-state index contributed by atoms with van der Waals surface area (Å²) in [6.07, 6.45) is 6.18. The molecular weight excluding hydrogens is 301 g/mol. The van der Waals surface area contributed by atoms with Gasteiger partial charge in [0.15, 0.2) is 0 Å². The Labute approximate surface area is 139 Å². The van der Waals surface area contributed by atoms with Crippen molar-refractivity contribution in [1.29, 1.82) is 0 Å². The number of hydrogen-bond acceptors (Lipinski definition) is 1. The first kappa shape index (κ1) is 17.1. The van der Waals surface area contributed by atoms with Gasteiger partial charge in [0.25, 0.3) is 0 Å². The van der Waals surface area contributed by atoms with Crippen molar-refractivity contribution in [2.24, 2.45) is 17.8 Å². The van der Waals surface area contributed by atoms with E-state index in [9.17, 15) is 0 Å². The topological polar surface area (TPSA) is 12.0 Å². The molecule has 0 radical (unpaired) electrons. The third-order valence-electron chi connectivity index (χ3n) is 4.76. The molecular formula is C18H27Cl2N. The highest BCUT2D eigenvalue weighted by Gasteiger charge is 2.29. The maximum Gasteiger partial charge on any atom is 0.0452 e. The Hall–Kier alpha value is -0.240. The maximum atomic E-state index is 6.36. The molecule has 1 N–H and O–H groups in total. The van der Waals surface area contributed by atoms with Gasteiger partial charge in [0.05, 0.1) is 0 Å². The molecule has 1 aliphatic rings. The molecule has 0 aliphatic heterocycles. The van der Waals surface area contributed by atoms with Gasteiger partial charge in [-0.3, -0.25) is 0 Å². The van der Waals surface area contributed by atoms with E-state index < -0.39 is 0 Å². The monoisotopic (exact) mass is 327 g/mol. The molecule has 118 valence electrons. The first-order valence-electron chi connectivity index (χ1n) is 8.25. The predicted octanol–water partition coefficient (Wildman–Crippen LogP) is 5.59. The lowest BCUT2D eigenvalue weighted by atomic mass is 9.72. The fourth-order valence-electron chi connectivity index (χ4n) is 3.53. The van der Waals surface area contributed by atoms with Crippen LogP contribution in [0.3, 0.4) is 0 Å². The van der Waals surface area contributed by atoms with Gasteiger partial charge in [0.1, 0.15) is 0 Å². The van der Waals surface area contributed by atoms with Gasteiger partial charge in [-0.2, -0.15) is 0 Å². The first-order chi connectivity index (χ1) is 10.1. The van der Waals surface area contributed by atoms with E-state index in [1.165, 1.54) is 25.7 Å². The second-order valence-corrected chi connectivity index (χ2v) is 7.36. The van der Waals surface area contributed by atoms with Gasteiger partial charge < -0.3 is 5.32 Å². The minimum absolute atomic E-state index is 0.690. The van der Waals surface area contributed by atoms with E-state index in [0.717, 1.165) is 47.0 Å². The Kier molecular flexibility index (Phi) is 6.85. The van der Waals surface area contributed by atoms with Gasteiger partial charge in [0, 0.05) is 10.0 Å². The van der Waals surface area contributed by atoms with Crippen LogP contribution in [0, 0.1) is 17.8 Å². The van der Waals surface area contributed by atoms with Crippen molar-refractivity contribution < 1.29 is 0 Å². The van der Waals surface area contributed by atoms with Crippen LogP contribution in [0.1, 0.15) is 45.1 Å². The van der Waals surface area contributed by atoms with Crippen molar-refractivity contribution in [1.82, 2.24) is 5.32 Å². The quantitative estimate of drug-likeness (QED) is 0.671. The van der Waals surface area contributed by atoms with Crippen LogP contribution in [0.15, 0.2) is 18.2 Å². The van der Waals surface area contributed by atoms with Crippen molar-refractivity contribution in [3.63, 3.8) is 0 Å². The lowest BCUT2D eigenvalue weighted by Crippen LogP contribution is -2.34. The van der Waals surface area contributed by atoms with Crippen LogP contribution in [-0.4, -0.2) is 13.1 Å². The molecule has 0 aromatic heterocycles. The standard InChI is InChI=1S/C18H27Cl2N/c1-3-9-21-12-14-8-7-13(2)10-15(14)11-16-17(19)5-4-6-18(16)20/h4-6,13-15,21H,3,7-12H2,1-2H3. The lowest BCUT2D eigenvalue weighted by Gasteiger charge is -2.35. The minimum Gasteiger partial charge on any atom is -0.316 e. The van der Waals surface area contributed by atoms with E-state index in [0.29, 0.717) is 5.92 Å². The van der Waals surface area contributed by atoms with Crippen molar-refractivity contribution in [2.75, 3.05) is 13.1 Å². The van der Waals surface area contributed by atoms with Crippen LogP contribution in [0.25, 0.3) is 0 Å². The molecule has 21 heavy (non-hydrogen) atoms. The Morgan fingerprint density at radius 3 is 2.52 bits per heavy atom. The molecule has 0 saturated heterocycles. The van der Waals surface area contributed by atoms with Gasteiger partial charge in [-0.05, 0) is 74.2 Å². The Bertz CT molecular complexity index is 427. The van der Waals surface area contributed by atoms with E-state index in [2.05, 4.69) is 19.2 Å². The van der Waals surface area contributed by atoms with Gasteiger partial charge in [-0.25, -0.2) is 0 Å². The largest absolute Gasteiger partial charge is 0.316 e. The Morgan fingerprint density at radius 1 is 1.14 bits per heavy atom. The summed E-state index contributed by atoms with van der Waals surface area (Å²) >= 11 is 12.7. The lowest BCUT2D eigenvalue weighted by molar-refractivity contribution is 0.184. The average Bonchev–Trinajstić information content (AvgIpc) is 2.45. The number of rotatable bonds is 6. The zero-order valence-corrected chi connectivity index (χ0v) is 14.7. The summed E-state index contributed by atoms with van der Waals surface area (Å²) in [6, 6.07) is 5.84. The Balaban J connectivity index is 2.05. The molecule has 2 rings (SSSR count). The number of nitrogens with one attached hydrogen (secondary N) is 1. The fraction of sp³-hybridized carbons (Fsp3) is 0.667. The van der Waals surface area contributed by atoms with Crippen LogP contribution >= 0.6 is 23.2 Å².